The fourth-order valence-corrected chi connectivity index (χ4v) is 4.42. The molecule has 0 saturated carbocycles. The summed E-state index contributed by atoms with van der Waals surface area (Å²) in [5.41, 5.74) is 9.89. The maximum Gasteiger partial charge on any atom is 0.268 e. The zero-order valence-electron chi connectivity index (χ0n) is 19.8. The van der Waals surface area contributed by atoms with Crippen LogP contribution >= 0.6 is 0 Å². The average molecular weight is 482 g/mol. The molecule has 0 unspecified atom stereocenters. The zero-order valence-corrected chi connectivity index (χ0v) is 20.6. The van der Waals surface area contributed by atoms with E-state index in [9.17, 15) is 8.42 Å². The summed E-state index contributed by atoms with van der Waals surface area (Å²) >= 11 is 0. The van der Waals surface area contributed by atoms with Crippen LogP contribution in [0.25, 0.3) is 34.3 Å². The van der Waals surface area contributed by atoms with Crippen LogP contribution in [0.4, 0.5) is 0 Å². The van der Waals surface area contributed by atoms with Gasteiger partial charge >= 0.3 is 0 Å². The SMILES string of the molecule is Cc1ncc(-c2ccc(S(=O)(=O)C(C)C)cc2)nc1-c1nnc(-c2ccc(C(C)(C)N)cc2)o1.[HH].[HH]. The number of hydrogen-bond donors (Lipinski definition) is 1. The minimum absolute atomic E-state index is 0. The lowest BCUT2D eigenvalue weighted by atomic mass is 9.95. The molecule has 0 bridgehead atoms. The lowest BCUT2D eigenvalue weighted by Gasteiger charge is -2.18. The molecule has 2 N–H and O–H groups in total. The number of rotatable bonds is 6. The van der Waals surface area contributed by atoms with E-state index in [1.165, 1.54) is 0 Å². The molecule has 0 atom stereocenters. The first-order valence-corrected chi connectivity index (χ1v) is 12.4. The minimum Gasteiger partial charge on any atom is -0.415 e. The van der Waals surface area contributed by atoms with Crippen LogP contribution in [0.1, 0.15) is 41.8 Å². The summed E-state index contributed by atoms with van der Waals surface area (Å²) in [6.45, 7) is 9.02. The molecule has 0 aliphatic heterocycles. The molecular weight excluding hydrogens is 450 g/mol. The molecule has 8 nitrogen and oxygen atoms in total. The highest BCUT2D eigenvalue weighted by Crippen LogP contribution is 2.28. The van der Waals surface area contributed by atoms with Crippen LogP contribution in [-0.2, 0) is 15.4 Å². The second-order valence-electron chi connectivity index (χ2n) is 9.02. The highest BCUT2D eigenvalue weighted by Gasteiger charge is 2.20. The molecule has 0 saturated heterocycles. The smallest absolute Gasteiger partial charge is 0.268 e. The topological polar surface area (TPSA) is 125 Å². The molecule has 34 heavy (non-hydrogen) atoms. The molecule has 0 spiro atoms. The number of nitrogens with two attached hydrogens (primary N) is 1. The predicted octanol–water partition coefficient (Wildman–Crippen LogP) is 5.04. The van der Waals surface area contributed by atoms with E-state index in [1.807, 2.05) is 45.0 Å². The molecule has 0 amide bonds. The van der Waals surface area contributed by atoms with Gasteiger partial charge in [-0.1, -0.05) is 24.3 Å². The van der Waals surface area contributed by atoms with E-state index in [-0.39, 0.29) is 13.6 Å². The first kappa shape index (κ1) is 23.7. The summed E-state index contributed by atoms with van der Waals surface area (Å²) in [7, 11) is -3.34. The molecule has 4 rings (SSSR count). The van der Waals surface area contributed by atoms with Crippen molar-refractivity contribution < 1.29 is 15.7 Å². The molecule has 9 heteroatoms. The maximum atomic E-state index is 12.4. The molecule has 4 aromatic rings. The van der Waals surface area contributed by atoms with Gasteiger partial charge in [0.05, 0.1) is 27.7 Å². The lowest BCUT2D eigenvalue weighted by molar-refractivity contribution is 0.554. The van der Waals surface area contributed by atoms with Crippen molar-refractivity contribution in [3.63, 3.8) is 0 Å². The van der Waals surface area contributed by atoms with Crippen molar-refractivity contribution in [2.75, 3.05) is 0 Å². The van der Waals surface area contributed by atoms with Crippen molar-refractivity contribution in [1.29, 1.82) is 0 Å². The highest BCUT2D eigenvalue weighted by molar-refractivity contribution is 7.92. The molecule has 0 fully saturated rings. The van der Waals surface area contributed by atoms with Gasteiger partial charge in [-0.3, -0.25) is 4.98 Å². The molecule has 0 aliphatic rings. The molecule has 0 radical (unpaired) electrons. The third-order valence-electron chi connectivity index (χ3n) is 5.56. The van der Waals surface area contributed by atoms with Gasteiger partial charge in [0.15, 0.2) is 9.84 Å². The van der Waals surface area contributed by atoms with Gasteiger partial charge < -0.3 is 10.2 Å². The van der Waals surface area contributed by atoms with Crippen molar-refractivity contribution in [2.24, 2.45) is 5.73 Å². The summed E-state index contributed by atoms with van der Waals surface area (Å²) in [5, 5.41) is 7.85. The van der Waals surface area contributed by atoms with Gasteiger partial charge in [-0.2, -0.15) is 0 Å². The van der Waals surface area contributed by atoms with Gasteiger partial charge in [0.1, 0.15) is 5.69 Å². The first-order valence-electron chi connectivity index (χ1n) is 10.9. The number of hydrogen-bond acceptors (Lipinski definition) is 8. The van der Waals surface area contributed by atoms with E-state index in [1.54, 1.807) is 44.3 Å². The van der Waals surface area contributed by atoms with Gasteiger partial charge in [0, 0.05) is 19.5 Å². The molecule has 2 aromatic carbocycles. The Hall–Kier alpha value is -3.43. The van der Waals surface area contributed by atoms with Crippen LogP contribution in [0, 0.1) is 6.92 Å². The van der Waals surface area contributed by atoms with Crippen LogP contribution in [-0.4, -0.2) is 33.8 Å². The summed E-state index contributed by atoms with van der Waals surface area (Å²) in [4.78, 5) is 9.37. The zero-order chi connectivity index (χ0) is 24.7. The van der Waals surface area contributed by atoms with Gasteiger partial charge in [-0.25, -0.2) is 13.4 Å². The highest BCUT2D eigenvalue weighted by atomic mass is 32.2. The Morgan fingerprint density at radius 2 is 1.53 bits per heavy atom. The Morgan fingerprint density at radius 3 is 2.12 bits per heavy atom. The number of benzene rings is 2. The number of aromatic nitrogens is 4. The number of nitrogens with zero attached hydrogens (tertiary/aromatic N) is 4. The molecular formula is C25H31N5O3S. The Bertz CT molecular complexity index is 1430. The van der Waals surface area contributed by atoms with Gasteiger partial charge in [-0.05, 0) is 64.4 Å². The normalized spacial score (nSPS) is 12.3. The summed E-state index contributed by atoms with van der Waals surface area (Å²) in [6.07, 6.45) is 1.63. The van der Waals surface area contributed by atoms with Crippen molar-refractivity contribution in [2.45, 2.75) is 50.3 Å². The monoisotopic (exact) mass is 481 g/mol. The van der Waals surface area contributed by atoms with E-state index in [4.69, 9.17) is 10.2 Å². The standard InChI is InChI=1S/C25H27N5O3S.2H2/c1-15(2)34(31,32)20-12-8-17(9-13-20)21-14-27-16(3)22(28-21)24-30-29-23(33-24)18-6-10-19(11-7-18)25(4,5)26;;/h6-15H,26H2,1-5H3;2*1H. The van der Waals surface area contributed by atoms with Gasteiger partial charge in [0.25, 0.3) is 5.89 Å². The molecule has 2 heterocycles. The second kappa shape index (κ2) is 8.73. The van der Waals surface area contributed by atoms with Crippen molar-refractivity contribution in [1.82, 2.24) is 20.2 Å². The number of sulfone groups is 1. The second-order valence-corrected chi connectivity index (χ2v) is 11.5. The largest absolute Gasteiger partial charge is 0.415 e. The van der Waals surface area contributed by atoms with E-state index < -0.39 is 20.6 Å². The van der Waals surface area contributed by atoms with E-state index in [0.29, 0.717) is 23.0 Å². The van der Waals surface area contributed by atoms with Crippen molar-refractivity contribution >= 4 is 9.84 Å². The van der Waals surface area contributed by atoms with Crippen LogP contribution in [0.15, 0.2) is 64.0 Å². The molecule has 0 aliphatic carbocycles. The van der Waals surface area contributed by atoms with E-state index in [2.05, 4.69) is 20.2 Å². The summed E-state index contributed by atoms with van der Waals surface area (Å²) in [6, 6.07) is 14.3. The molecule has 2 aromatic heterocycles. The Labute approximate surface area is 202 Å². The Balaban J connectivity index is 0.00000228. The fourth-order valence-electron chi connectivity index (χ4n) is 3.36. The number of aryl methyl sites for hydroxylation is 1. The van der Waals surface area contributed by atoms with Crippen LogP contribution in [0.2, 0.25) is 0 Å². The average Bonchev–Trinajstić information content (AvgIpc) is 3.29. The summed E-state index contributed by atoms with van der Waals surface area (Å²) < 4.78 is 30.7. The third kappa shape index (κ3) is 4.62. The lowest BCUT2D eigenvalue weighted by Crippen LogP contribution is -2.28. The van der Waals surface area contributed by atoms with Crippen molar-refractivity contribution in [3.8, 4) is 34.3 Å². The fraction of sp³-hybridized carbons (Fsp3) is 0.280. The van der Waals surface area contributed by atoms with Crippen LogP contribution < -0.4 is 5.73 Å². The van der Waals surface area contributed by atoms with Gasteiger partial charge in [-0.15, -0.1) is 10.2 Å². The predicted molar refractivity (Wildman–Crippen MR) is 135 cm³/mol. The van der Waals surface area contributed by atoms with Crippen LogP contribution in [0.3, 0.4) is 0 Å². The van der Waals surface area contributed by atoms with Gasteiger partial charge in [0.2, 0.25) is 5.89 Å². The molecule has 180 valence electrons. The van der Waals surface area contributed by atoms with Crippen molar-refractivity contribution in [3.05, 3.63) is 66.0 Å². The quantitative estimate of drug-likeness (QED) is 0.406. The summed E-state index contributed by atoms with van der Waals surface area (Å²) in [5.74, 6) is 0.621. The first-order chi connectivity index (χ1) is 16.0. The van der Waals surface area contributed by atoms with E-state index in [0.717, 1.165) is 16.7 Å². The third-order valence-corrected chi connectivity index (χ3v) is 7.73. The minimum atomic E-state index is -3.34. The Kier molecular flexibility index (Phi) is 6.09. The maximum absolute atomic E-state index is 12.4. The van der Waals surface area contributed by atoms with E-state index >= 15 is 0 Å². The Morgan fingerprint density at radius 1 is 0.941 bits per heavy atom. The van der Waals surface area contributed by atoms with Crippen LogP contribution in [0.5, 0.6) is 0 Å².